The lowest BCUT2D eigenvalue weighted by Crippen LogP contribution is -2.20. The Hall–Kier alpha value is -1.93. The van der Waals surface area contributed by atoms with Crippen LogP contribution >= 0.6 is 23.2 Å². The molecule has 0 saturated carbocycles. The first kappa shape index (κ1) is 24.2. The van der Waals surface area contributed by atoms with Crippen LogP contribution in [0.15, 0.2) is 96.4 Å². The van der Waals surface area contributed by atoms with Crippen molar-refractivity contribution in [2.75, 3.05) is 0 Å². The second kappa shape index (κ2) is 11.5. The first-order valence-corrected chi connectivity index (χ1v) is 13.7. The van der Waals surface area contributed by atoms with Crippen molar-refractivity contribution in [1.29, 1.82) is 0 Å². The third-order valence-electron chi connectivity index (χ3n) is 5.20. The largest absolute Gasteiger partial charge is 0.616 e. The van der Waals surface area contributed by atoms with E-state index >= 15 is 0 Å². The van der Waals surface area contributed by atoms with Crippen molar-refractivity contribution in [3.63, 3.8) is 0 Å². The quantitative estimate of drug-likeness (QED) is 0.249. The molecule has 1 heterocycles. The van der Waals surface area contributed by atoms with Gasteiger partial charge in [0.25, 0.3) is 0 Å². The normalized spacial score (nSPS) is 14.1. The van der Waals surface area contributed by atoms with E-state index in [4.69, 9.17) is 23.2 Å². The van der Waals surface area contributed by atoms with Crippen molar-refractivity contribution in [3.8, 4) is 0 Å². The van der Waals surface area contributed by atoms with E-state index in [0.29, 0.717) is 28.1 Å². The zero-order valence-electron chi connectivity index (χ0n) is 17.6. The van der Waals surface area contributed by atoms with Crippen LogP contribution in [0.5, 0.6) is 0 Å². The topological polar surface area (TPSA) is 63.9 Å². The summed E-state index contributed by atoms with van der Waals surface area (Å²) in [4.78, 5) is 4.84. The number of halogens is 2. The number of aromatic nitrogens is 2. The van der Waals surface area contributed by atoms with Gasteiger partial charge in [-0.1, -0.05) is 47.5 Å². The summed E-state index contributed by atoms with van der Waals surface area (Å²) < 4.78 is 28.1. The average Bonchev–Trinajstić information content (AvgIpc) is 3.34. The highest BCUT2D eigenvalue weighted by Gasteiger charge is 2.26. The van der Waals surface area contributed by atoms with Crippen LogP contribution in [0.25, 0.3) is 0 Å². The molecule has 1 aromatic heterocycles. The van der Waals surface area contributed by atoms with Gasteiger partial charge in [0.1, 0.15) is 11.5 Å². The van der Waals surface area contributed by atoms with E-state index < -0.39 is 22.4 Å². The van der Waals surface area contributed by atoms with Gasteiger partial charge in [-0.3, -0.25) is 0 Å². The number of hydrogen-bond donors (Lipinski definition) is 0. The number of benzene rings is 3. The highest BCUT2D eigenvalue weighted by molar-refractivity contribution is 7.91. The van der Waals surface area contributed by atoms with E-state index in [2.05, 4.69) is 4.98 Å². The maximum atomic E-state index is 13.4. The van der Waals surface area contributed by atoms with E-state index in [1.807, 2.05) is 71.4 Å². The fourth-order valence-electron chi connectivity index (χ4n) is 3.42. The standard InChI is InChI=1S/C25H22Cl2N2O2S2/c26-22-7-1-19(2-8-22)16-32(30)24-11-5-21(6-12-24)25(15-29-14-13-28-18-29)33(31)17-20-3-9-23(27)10-4-20/h1-14,18,25H,15-17H2. The smallest absolute Gasteiger partial charge is 0.158 e. The lowest BCUT2D eigenvalue weighted by Gasteiger charge is -2.23. The van der Waals surface area contributed by atoms with E-state index in [1.165, 1.54) is 0 Å². The maximum absolute atomic E-state index is 13.4. The van der Waals surface area contributed by atoms with Crippen LogP contribution in [0.1, 0.15) is 21.9 Å². The Kier molecular flexibility index (Phi) is 8.41. The first-order valence-electron chi connectivity index (χ1n) is 10.3. The SMILES string of the molecule is [O-][S+](Cc1ccc(Cl)cc1)c1ccc(C(Cn2ccnc2)[S+]([O-])Cc2ccc(Cl)cc2)cc1. The minimum atomic E-state index is -1.19. The van der Waals surface area contributed by atoms with Gasteiger partial charge < -0.3 is 13.7 Å². The van der Waals surface area contributed by atoms with Crippen LogP contribution in [-0.4, -0.2) is 18.7 Å². The molecular formula is C25H22Cl2N2O2S2. The Morgan fingerprint density at radius 2 is 1.36 bits per heavy atom. The number of nitrogens with zero attached hydrogens (tertiary/aromatic N) is 2. The van der Waals surface area contributed by atoms with Crippen LogP contribution in [0.2, 0.25) is 10.0 Å². The summed E-state index contributed by atoms with van der Waals surface area (Å²) in [5.74, 6) is 0.832. The third kappa shape index (κ3) is 6.79. The van der Waals surface area contributed by atoms with Crippen molar-refractivity contribution in [3.05, 3.63) is 118 Å². The van der Waals surface area contributed by atoms with Gasteiger partial charge in [0, 0.05) is 39.1 Å². The fourth-order valence-corrected chi connectivity index (χ4v) is 6.30. The van der Waals surface area contributed by atoms with E-state index in [0.717, 1.165) is 21.6 Å². The van der Waals surface area contributed by atoms with Gasteiger partial charge in [-0.2, -0.15) is 0 Å². The summed E-state index contributed by atoms with van der Waals surface area (Å²) in [5, 5.41) is 1.07. The molecule has 3 unspecified atom stereocenters. The fraction of sp³-hybridized carbons (Fsp3) is 0.160. The van der Waals surface area contributed by atoms with Crippen LogP contribution in [-0.2, 0) is 40.4 Å². The summed E-state index contributed by atoms with van der Waals surface area (Å²) in [5.41, 5.74) is 2.86. The van der Waals surface area contributed by atoms with Gasteiger partial charge >= 0.3 is 0 Å². The third-order valence-corrected chi connectivity index (χ3v) is 8.77. The predicted molar refractivity (Wildman–Crippen MR) is 136 cm³/mol. The van der Waals surface area contributed by atoms with Gasteiger partial charge in [0.05, 0.1) is 12.9 Å². The summed E-state index contributed by atoms with van der Waals surface area (Å²) in [7, 11) is 0. The Morgan fingerprint density at radius 1 is 0.788 bits per heavy atom. The molecule has 170 valence electrons. The van der Waals surface area contributed by atoms with E-state index in [9.17, 15) is 9.11 Å². The van der Waals surface area contributed by atoms with Crippen molar-refractivity contribution < 1.29 is 9.11 Å². The van der Waals surface area contributed by atoms with Crippen LogP contribution < -0.4 is 0 Å². The minimum absolute atomic E-state index is 0.242. The molecule has 0 bridgehead atoms. The molecule has 0 aliphatic rings. The first-order chi connectivity index (χ1) is 16.0. The lowest BCUT2D eigenvalue weighted by molar-refractivity contribution is 0.560. The minimum Gasteiger partial charge on any atom is -0.616 e. The predicted octanol–water partition coefficient (Wildman–Crippen LogP) is 6.19. The molecule has 3 atom stereocenters. The summed E-state index contributed by atoms with van der Waals surface area (Å²) in [6.45, 7) is 0.535. The van der Waals surface area contributed by atoms with Gasteiger partial charge in [-0.05, 0) is 70.9 Å². The van der Waals surface area contributed by atoms with Crippen molar-refractivity contribution in [1.82, 2.24) is 9.55 Å². The molecule has 0 amide bonds. The maximum Gasteiger partial charge on any atom is 0.158 e. The molecule has 33 heavy (non-hydrogen) atoms. The number of hydrogen-bond acceptors (Lipinski definition) is 3. The molecule has 0 spiro atoms. The van der Waals surface area contributed by atoms with Crippen molar-refractivity contribution in [2.24, 2.45) is 0 Å². The van der Waals surface area contributed by atoms with Gasteiger partial charge in [0.15, 0.2) is 10.1 Å². The molecule has 8 heteroatoms. The van der Waals surface area contributed by atoms with Crippen molar-refractivity contribution in [2.45, 2.75) is 28.2 Å². The molecule has 0 saturated heterocycles. The molecule has 3 aromatic carbocycles. The van der Waals surface area contributed by atoms with Gasteiger partial charge in [-0.15, -0.1) is 0 Å². The Balaban J connectivity index is 1.50. The molecule has 0 aliphatic carbocycles. The molecule has 0 fully saturated rings. The Bertz CT molecular complexity index is 1140. The summed E-state index contributed by atoms with van der Waals surface area (Å²) >= 11 is 9.55. The average molecular weight is 518 g/mol. The van der Waals surface area contributed by atoms with Crippen molar-refractivity contribution >= 4 is 45.6 Å². The van der Waals surface area contributed by atoms with Gasteiger partial charge in [-0.25, -0.2) is 4.98 Å². The zero-order chi connectivity index (χ0) is 23.2. The second-order valence-electron chi connectivity index (χ2n) is 7.59. The Morgan fingerprint density at radius 3 is 1.91 bits per heavy atom. The molecule has 4 rings (SSSR count). The molecule has 0 radical (unpaired) electrons. The van der Waals surface area contributed by atoms with Crippen LogP contribution in [0.3, 0.4) is 0 Å². The van der Waals surface area contributed by atoms with Crippen LogP contribution in [0.4, 0.5) is 0 Å². The highest BCUT2D eigenvalue weighted by atomic mass is 35.5. The molecule has 4 aromatic rings. The van der Waals surface area contributed by atoms with E-state index in [-0.39, 0.29) is 5.25 Å². The summed E-state index contributed by atoms with van der Waals surface area (Å²) in [6.07, 6.45) is 5.30. The molecule has 4 nitrogen and oxygen atoms in total. The zero-order valence-corrected chi connectivity index (χ0v) is 20.8. The van der Waals surface area contributed by atoms with Crippen LogP contribution in [0, 0.1) is 0 Å². The number of rotatable bonds is 9. The molecule has 0 aliphatic heterocycles. The van der Waals surface area contributed by atoms with Gasteiger partial charge in [0.2, 0.25) is 0 Å². The second-order valence-corrected chi connectivity index (χ2v) is 11.5. The summed E-state index contributed by atoms with van der Waals surface area (Å²) in [6, 6.07) is 22.4. The van der Waals surface area contributed by atoms with E-state index in [1.54, 1.807) is 24.7 Å². The monoisotopic (exact) mass is 516 g/mol. The molecule has 0 N–H and O–H groups in total. The number of imidazole rings is 1. The lowest BCUT2D eigenvalue weighted by atomic mass is 10.1. The molecular weight excluding hydrogens is 495 g/mol. The Labute approximate surface area is 209 Å². The highest BCUT2D eigenvalue weighted by Crippen LogP contribution is 2.29.